The van der Waals surface area contributed by atoms with Crippen LogP contribution in [0, 0.1) is 13.8 Å². The lowest BCUT2D eigenvalue weighted by Gasteiger charge is -2.10. The van der Waals surface area contributed by atoms with Crippen molar-refractivity contribution < 1.29 is 13.6 Å². The Morgan fingerprint density at radius 2 is 2.00 bits per heavy atom. The van der Waals surface area contributed by atoms with Crippen LogP contribution in [0.15, 0.2) is 34.8 Å². The maximum absolute atomic E-state index is 13.2. The van der Waals surface area contributed by atoms with Crippen molar-refractivity contribution in [3.8, 4) is 0 Å². The molecule has 4 rings (SSSR count). The zero-order chi connectivity index (χ0) is 21.4. The van der Waals surface area contributed by atoms with Crippen molar-refractivity contribution in [2.45, 2.75) is 52.1 Å². The molecule has 0 spiro atoms. The molecule has 1 aromatic carbocycles. The van der Waals surface area contributed by atoms with E-state index in [0.29, 0.717) is 22.4 Å². The van der Waals surface area contributed by atoms with Crippen LogP contribution in [-0.2, 0) is 17.9 Å². The van der Waals surface area contributed by atoms with Gasteiger partial charge in [0.2, 0.25) is 5.91 Å². The zero-order valence-corrected chi connectivity index (χ0v) is 18.3. The van der Waals surface area contributed by atoms with Gasteiger partial charge < -0.3 is 5.32 Å². The maximum Gasteiger partial charge on any atom is 0.283 e. The van der Waals surface area contributed by atoms with Crippen molar-refractivity contribution in [2.75, 3.05) is 5.32 Å². The van der Waals surface area contributed by atoms with E-state index in [0.717, 1.165) is 29.8 Å². The van der Waals surface area contributed by atoms with Gasteiger partial charge in [0.1, 0.15) is 12.2 Å². The highest BCUT2D eigenvalue weighted by atomic mass is 79.9. The standard InChI is InChI=1S/C21H22BrF2N5O/c1-12-8-13(2)28(26-12)10-14-4-3-5-16(9-14)25-17(30)11-29-20(15-6-7-15)18(22)19(27-29)21(23)24/h3-5,8-9,15,21H,6-7,10-11H2,1-2H3,(H,25,30). The minimum Gasteiger partial charge on any atom is -0.324 e. The van der Waals surface area contributed by atoms with Crippen LogP contribution in [0.2, 0.25) is 0 Å². The summed E-state index contributed by atoms with van der Waals surface area (Å²) in [6.45, 7) is 4.43. The third-order valence-electron chi connectivity index (χ3n) is 5.07. The van der Waals surface area contributed by atoms with Gasteiger partial charge in [0.25, 0.3) is 6.43 Å². The number of rotatable bonds is 7. The van der Waals surface area contributed by atoms with Gasteiger partial charge in [0.15, 0.2) is 0 Å². The Morgan fingerprint density at radius 1 is 1.23 bits per heavy atom. The van der Waals surface area contributed by atoms with E-state index in [4.69, 9.17) is 0 Å². The molecule has 1 amide bonds. The quantitative estimate of drug-likeness (QED) is 0.522. The van der Waals surface area contributed by atoms with Gasteiger partial charge in [-0.25, -0.2) is 8.78 Å². The number of hydrogen-bond acceptors (Lipinski definition) is 3. The molecule has 6 nitrogen and oxygen atoms in total. The predicted octanol–water partition coefficient (Wildman–Crippen LogP) is 4.96. The second-order valence-corrected chi connectivity index (χ2v) is 8.44. The van der Waals surface area contributed by atoms with E-state index in [1.54, 1.807) is 6.07 Å². The Morgan fingerprint density at radius 3 is 2.63 bits per heavy atom. The number of carbonyl (C=O) groups excluding carboxylic acids is 1. The number of nitrogens with zero attached hydrogens (tertiary/aromatic N) is 4. The first-order valence-corrected chi connectivity index (χ1v) is 10.5. The number of anilines is 1. The van der Waals surface area contributed by atoms with Crippen LogP contribution in [0.3, 0.4) is 0 Å². The van der Waals surface area contributed by atoms with E-state index in [9.17, 15) is 13.6 Å². The number of carbonyl (C=O) groups is 1. The van der Waals surface area contributed by atoms with Crippen LogP contribution in [0.1, 0.15) is 53.5 Å². The molecule has 30 heavy (non-hydrogen) atoms. The number of hydrogen-bond donors (Lipinski definition) is 1. The summed E-state index contributed by atoms with van der Waals surface area (Å²) in [5.74, 6) is -0.132. The number of nitrogens with one attached hydrogen (secondary N) is 1. The molecule has 0 atom stereocenters. The number of benzene rings is 1. The fourth-order valence-corrected chi connectivity index (χ4v) is 4.35. The molecule has 1 fully saturated rings. The van der Waals surface area contributed by atoms with Crippen molar-refractivity contribution in [1.29, 1.82) is 0 Å². The van der Waals surface area contributed by atoms with E-state index in [1.807, 2.05) is 42.8 Å². The number of aryl methyl sites for hydroxylation is 2. The highest BCUT2D eigenvalue weighted by molar-refractivity contribution is 9.10. The van der Waals surface area contributed by atoms with E-state index in [-0.39, 0.29) is 24.1 Å². The van der Waals surface area contributed by atoms with Crippen LogP contribution in [0.25, 0.3) is 0 Å². The van der Waals surface area contributed by atoms with Gasteiger partial charge in [-0.15, -0.1) is 0 Å². The smallest absolute Gasteiger partial charge is 0.283 e. The van der Waals surface area contributed by atoms with Crippen molar-refractivity contribution in [1.82, 2.24) is 19.6 Å². The Balaban J connectivity index is 1.47. The van der Waals surface area contributed by atoms with E-state index >= 15 is 0 Å². The fourth-order valence-electron chi connectivity index (χ4n) is 3.57. The van der Waals surface area contributed by atoms with E-state index in [1.165, 1.54) is 4.68 Å². The van der Waals surface area contributed by atoms with Gasteiger partial charge in [-0.2, -0.15) is 10.2 Å². The Labute approximate surface area is 181 Å². The summed E-state index contributed by atoms with van der Waals surface area (Å²) in [5, 5.41) is 11.3. The normalized spacial score (nSPS) is 13.8. The molecule has 1 aliphatic rings. The SMILES string of the molecule is Cc1cc(C)n(Cc2cccc(NC(=O)Cn3nc(C(F)F)c(Br)c3C3CC3)c2)n1. The largest absolute Gasteiger partial charge is 0.324 e. The molecule has 2 heterocycles. The molecular weight excluding hydrogens is 456 g/mol. The first-order valence-electron chi connectivity index (χ1n) is 9.76. The summed E-state index contributed by atoms with van der Waals surface area (Å²) >= 11 is 3.25. The molecule has 9 heteroatoms. The van der Waals surface area contributed by atoms with Crippen LogP contribution >= 0.6 is 15.9 Å². The molecular formula is C21H22BrF2N5O. The highest BCUT2D eigenvalue weighted by Crippen LogP contribution is 2.45. The molecule has 0 aliphatic heterocycles. The first-order chi connectivity index (χ1) is 14.3. The fraction of sp³-hybridized carbons (Fsp3) is 0.381. The minimum atomic E-state index is -2.69. The molecule has 0 unspecified atom stereocenters. The van der Waals surface area contributed by atoms with Crippen molar-refractivity contribution in [3.05, 3.63) is 63.1 Å². The zero-order valence-electron chi connectivity index (χ0n) is 16.7. The van der Waals surface area contributed by atoms with Crippen LogP contribution < -0.4 is 5.32 Å². The molecule has 0 saturated heterocycles. The number of alkyl halides is 2. The molecule has 3 aromatic rings. The second kappa shape index (κ2) is 8.29. The highest BCUT2D eigenvalue weighted by Gasteiger charge is 2.34. The Hall–Kier alpha value is -2.55. The van der Waals surface area contributed by atoms with Gasteiger partial charge in [-0.05, 0) is 66.4 Å². The molecule has 2 aromatic heterocycles. The summed E-state index contributed by atoms with van der Waals surface area (Å²) in [4.78, 5) is 12.6. The van der Waals surface area contributed by atoms with E-state index in [2.05, 4.69) is 31.4 Å². The molecule has 1 aliphatic carbocycles. The second-order valence-electron chi connectivity index (χ2n) is 7.65. The Bertz CT molecular complexity index is 1090. The molecule has 158 valence electrons. The average Bonchev–Trinajstić information content (AvgIpc) is 3.37. The van der Waals surface area contributed by atoms with Crippen LogP contribution in [0.5, 0.6) is 0 Å². The van der Waals surface area contributed by atoms with E-state index < -0.39 is 6.43 Å². The third kappa shape index (κ3) is 4.45. The van der Waals surface area contributed by atoms with Crippen LogP contribution in [-0.4, -0.2) is 25.5 Å². The minimum absolute atomic E-state index is 0.112. The van der Waals surface area contributed by atoms with Crippen LogP contribution in [0.4, 0.5) is 14.5 Å². The van der Waals surface area contributed by atoms with Crippen molar-refractivity contribution in [3.63, 3.8) is 0 Å². The Kier molecular flexibility index (Phi) is 5.73. The first kappa shape index (κ1) is 20.7. The predicted molar refractivity (Wildman–Crippen MR) is 113 cm³/mol. The summed E-state index contributed by atoms with van der Waals surface area (Å²) < 4.78 is 30.1. The maximum atomic E-state index is 13.2. The number of amides is 1. The monoisotopic (exact) mass is 477 g/mol. The van der Waals surface area contributed by atoms with Gasteiger partial charge in [-0.3, -0.25) is 14.2 Å². The summed E-state index contributed by atoms with van der Waals surface area (Å²) in [7, 11) is 0. The van der Waals surface area contributed by atoms with Crippen molar-refractivity contribution >= 4 is 27.5 Å². The van der Waals surface area contributed by atoms with Gasteiger partial charge >= 0.3 is 0 Å². The average molecular weight is 478 g/mol. The van der Waals surface area contributed by atoms with Gasteiger partial charge in [0, 0.05) is 17.3 Å². The van der Waals surface area contributed by atoms with Gasteiger partial charge in [-0.1, -0.05) is 12.1 Å². The lowest BCUT2D eigenvalue weighted by Crippen LogP contribution is -2.21. The lowest BCUT2D eigenvalue weighted by molar-refractivity contribution is -0.117. The lowest BCUT2D eigenvalue weighted by atomic mass is 10.2. The number of halogens is 3. The molecule has 1 N–H and O–H groups in total. The summed E-state index contributed by atoms with van der Waals surface area (Å²) in [6.07, 6.45) is -0.849. The molecule has 0 bridgehead atoms. The molecule has 0 radical (unpaired) electrons. The number of aromatic nitrogens is 4. The third-order valence-corrected chi connectivity index (χ3v) is 5.88. The van der Waals surface area contributed by atoms with Crippen molar-refractivity contribution in [2.24, 2.45) is 0 Å². The topological polar surface area (TPSA) is 64.7 Å². The molecule has 1 saturated carbocycles. The van der Waals surface area contributed by atoms with Gasteiger partial charge in [0.05, 0.1) is 22.4 Å². The summed E-state index contributed by atoms with van der Waals surface area (Å²) in [6, 6.07) is 9.54. The summed E-state index contributed by atoms with van der Waals surface area (Å²) in [5.41, 5.74) is 4.03.